The predicted molar refractivity (Wildman–Crippen MR) is 87.8 cm³/mol. The van der Waals surface area contributed by atoms with Gasteiger partial charge in [-0.1, -0.05) is 0 Å². The minimum Gasteiger partial charge on any atom is -0.467 e. The number of primary amides is 1. The van der Waals surface area contributed by atoms with Gasteiger partial charge in [-0.25, -0.2) is 4.99 Å². The van der Waals surface area contributed by atoms with E-state index >= 15 is 0 Å². The number of nitrogens with two attached hydrogens (primary N) is 1. The summed E-state index contributed by atoms with van der Waals surface area (Å²) in [5.74, 6) is 1.27. The maximum absolute atomic E-state index is 11.1. The van der Waals surface area contributed by atoms with Crippen molar-refractivity contribution >= 4 is 11.9 Å². The molecule has 0 radical (unpaired) electrons. The Kier molecular flexibility index (Phi) is 6.46. The highest BCUT2D eigenvalue weighted by atomic mass is 16.4. The SMILES string of the molecule is CCNC(=NCC(O)c1ccco1)N1CCCC(CC(N)=O)C1. The number of nitrogens with one attached hydrogen (secondary N) is 1. The summed E-state index contributed by atoms with van der Waals surface area (Å²) in [5, 5.41) is 13.3. The Morgan fingerprint density at radius 1 is 1.65 bits per heavy atom. The van der Waals surface area contributed by atoms with Gasteiger partial charge in [0.15, 0.2) is 5.96 Å². The fraction of sp³-hybridized carbons (Fsp3) is 0.625. The second-order valence-corrected chi connectivity index (χ2v) is 5.85. The molecule has 2 unspecified atom stereocenters. The molecule has 4 N–H and O–H groups in total. The lowest BCUT2D eigenvalue weighted by molar-refractivity contribution is -0.119. The molecule has 0 aliphatic carbocycles. The molecule has 7 heteroatoms. The van der Waals surface area contributed by atoms with Gasteiger partial charge in [0, 0.05) is 26.1 Å². The second kappa shape index (κ2) is 8.57. The lowest BCUT2D eigenvalue weighted by Crippen LogP contribution is -2.47. The van der Waals surface area contributed by atoms with Gasteiger partial charge < -0.3 is 25.5 Å². The van der Waals surface area contributed by atoms with E-state index in [9.17, 15) is 9.90 Å². The third-order valence-corrected chi connectivity index (χ3v) is 3.93. The average molecular weight is 322 g/mol. The molecule has 128 valence electrons. The monoisotopic (exact) mass is 322 g/mol. The van der Waals surface area contributed by atoms with Gasteiger partial charge in [-0.15, -0.1) is 0 Å². The fourth-order valence-electron chi connectivity index (χ4n) is 2.88. The van der Waals surface area contributed by atoms with Gasteiger partial charge in [-0.05, 0) is 37.8 Å². The minimum absolute atomic E-state index is 0.229. The summed E-state index contributed by atoms with van der Waals surface area (Å²) < 4.78 is 5.19. The molecule has 1 aliphatic rings. The van der Waals surface area contributed by atoms with Crippen LogP contribution in [0.25, 0.3) is 0 Å². The summed E-state index contributed by atoms with van der Waals surface area (Å²) in [7, 11) is 0. The van der Waals surface area contributed by atoms with Crippen LogP contribution in [0, 0.1) is 5.92 Å². The zero-order valence-corrected chi connectivity index (χ0v) is 13.6. The molecule has 1 fully saturated rings. The van der Waals surface area contributed by atoms with Gasteiger partial charge in [0.2, 0.25) is 5.91 Å². The van der Waals surface area contributed by atoms with E-state index in [0.29, 0.717) is 12.2 Å². The summed E-state index contributed by atoms with van der Waals surface area (Å²) in [6.07, 6.45) is 3.19. The first-order chi connectivity index (χ1) is 11.1. The first-order valence-corrected chi connectivity index (χ1v) is 8.13. The molecule has 23 heavy (non-hydrogen) atoms. The van der Waals surface area contributed by atoms with Gasteiger partial charge in [0.05, 0.1) is 12.8 Å². The Morgan fingerprint density at radius 2 is 2.48 bits per heavy atom. The molecule has 2 rings (SSSR count). The second-order valence-electron chi connectivity index (χ2n) is 5.85. The number of hydrogen-bond acceptors (Lipinski definition) is 4. The van der Waals surface area contributed by atoms with Crippen LogP contribution in [-0.4, -0.2) is 48.1 Å². The Balaban J connectivity index is 1.98. The molecular weight excluding hydrogens is 296 g/mol. The molecule has 0 spiro atoms. The Labute approximate surface area is 136 Å². The van der Waals surface area contributed by atoms with Crippen molar-refractivity contribution < 1.29 is 14.3 Å². The number of aliphatic hydroxyl groups excluding tert-OH is 1. The first kappa shape index (κ1) is 17.3. The lowest BCUT2D eigenvalue weighted by Gasteiger charge is -2.34. The number of carbonyl (C=O) groups is 1. The number of hydrogen-bond donors (Lipinski definition) is 3. The molecule has 7 nitrogen and oxygen atoms in total. The van der Waals surface area contributed by atoms with Crippen LogP contribution in [0.3, 0.4) is 0 Å². The summed E-state index contributed by atoms with van der Waals surface area (Å²) in [5.41, 5.74) is 5.31. The number of furan rings is 1. The maximum Gasteiger partial charge on any atom is 0.217 e. The number of rotatable bonds is 6. The fourth-order valence-corrected chi connectivity index (χ4v) is 2.88. The summed E-state index contributed by atoms with van der Waals surface area (Å²) in [6.45, 7) is 4.62. The molecule has 0 aromatic carbocycles. The van der Waals surface area contributed by atoms with Crippen molar-refractivity contribution in [1.29, 1.82) is 0 Å². The molecule has 0 bridgehead atoms. The number of amides is 1. The highest BCUT2D eigenvalue weighted by Crippen LogP contribution is 2.20. The van der Waals surface area contributed by atoms with E-state index in [-0.39, 0.29) is 18.4 Å². The number of piperidine rings is 1. The minimum atomic E-state index is -0.759. The Morgan fingerprint density at radius 3 is 3.13 bits per heavy atom. The van der Waals surface area contributed by atoms with E-state index in [2.05, 4.69) is 15.2 Å². The van der Waals surface area contributed by atoms with Crippen molar-refractivity contribution in [2.45, 2.75) is 32.3 Å². The van der Waals surface area contributed by atoms with Crippen molar-refractivity contribution in [3.05, 3.63) is 24.2 Å². The van der Waals surface area contributed by atoms with Crippen LogP contribution in [0.4, 0.5) is 0 Å². The maximum atomic E-state index is 11.1. The predicted octanol–water partition coefficient (Wildman–Crippen LogP) is 0.866. The number of likely N-dealkylation sites (tertiary alicyclic amines) is 1. The number of nitrogens with zero attached hydrogens (tertiary/aromatic N) is 2. The third kappa shape index (κ3) is 5.28. The zero-order chi connectivity index (χ0) is 16.7. The molecule has 1 aromatic heterocycles. The summed E-state index contributed by atoms with van der Waals surface area (Å²) in [4.78, 5) is 17.8. The van der Waals surface area contributed by atoms with Crippen LogP contribution >= 0.6 is 0 Å². The van der Waals surface area contributed by atoms with Crippen LogP contribution in [0.15, 0.2) is 27.8 Å². The molecule has 1 aromatic rings. The lowest BCUT2D eigenvalue weighted by atomic mass is 9.95. The van der Waals surface area contributed by atoms with Crippen LogP contribution in [-0.2, 0) is 4.79 Å². The first-order valence-electron chi connectivity index (χ1n) is 8.13. The molecule has 0 saturated carbocycles. The van der Waals surface area contributed by atoms with Crippen molar-refractivity contribution in [2.75, 3.05) is 26.2 Å². The van der Waals surface area contributed by atoms with E-state index in [1.54, 1.807) is 12.1 Å². The van der Waals surface area contributed by atoms with E-state index in [1.807, 2.05) is 6.92 Å². The van der Waals surface area contributed by atoms with E-state index < -0.39 is 6.10 Å². The van der Waals surface area contributed by atoms with Crippen molar-refractivity contribution in [3.8, 4) is 0 Å². The van der Waals surface area contributed by atoms with E-state index in [4.69, 9.17) is 10.2 Å². The quantitative estimate of drug-likeness (QED) is 0.532. The van der Waals surface area contributed by atoms with Crippen LogP contribution in [0.2, 0.25) is 0 Å². The average Bonchev–Trinajstić information content (AvgIpc) is 3.05. The van der Waals surface area contributed by atoms with E-state index in [0.717, 1.165) is 38.4 Å². The van der Waals surface area contributed by atoms with Gasteiger partial charge >= 0.3 is 0 Å². The smallest absolute Gasteiger partial charge is 0.217 e. The molecule has 1 saturated heterocycles. The molecule has 2 heterocycles. The largest absolute Gasteiger partial charge is 0.467 e. The third-order valence-electron chi connectivity index (χ3n) is 3.93. The number of guanidine groups is 1. The van der Waals surface area contributed by atoms with Crippen LogP contribution < -0.4 is 11.1 Å². The number of aliphatic imine (C=N–C) groups is 1. The summed E-state index contributed by atoms with van der Waals surface area (Å²) in [6, 6.07) is 3.48. The number of carbonyl (C=O) groups excluding carboxylic acids is 1. The van der Waals surface area contributed by atoms with Crippen LogP contribution in [0.1, 0.15) is 38.1 Å². The van der Waals surface area contributed by atoms with Crippen molar-refractivity contribution in [2.24, 2.45) is 16.6 Å². The molecule has 2 atom stereocenters. The van der Waals surface area contributed by atoms with Gasteiger partial charge in [-0.2, -0.15) is 0 Å². The molecule has 1 aliphatic heterocycles. The highest BCUT2D eigenvalue weighted by molar-refractivity contribution is 5.80. The van der Waals surface area contributed by atoms with E-state index in [1.165, 1.54) is 6.26 Å². The Bertz CT molecular complexity index is 515. The standard InChI is InChI=1S/C16H26N4O3/c1-2-18-16(19-10-13(21)14-6-4-8-23-14)20-7-3-5-12(11-20)9-15(17)22/h4,6,8,12-13,21H,2-3,5,7,9-11H2,1H3,(H2,17,22)(H,18,19). The Hall–Kier alpha value is -2.02. The summed E-state index contributed by atoms with van der Waals surface area (Å²) >= 11 is 0. The van der Waals surface area contributed by atoms with Crippen molar-refractivity contribution in [3.63, 3.8) is 0 Å². The van der Waals surface area contributed by atoms with Crippen LogP contribution in [0.5, 0.6) is 0 Å². The van der Waals surface area contributed by atoms with Gasteiger partial charge in [-0.3, -0.25) is 4.79 Å². The molecule has 1 amide bonds. The zero-order valence-electron chi connectivity index (χ0n) is 13.6. The highest BCUT2D eigenvalue weighted by Gasteiger charge is 2.23. The topological polar surface area (TPSA) is 104 Å². The van der Waals surface area contributed by atoms with Gasteiger partial charge in [0.25, 0.3) is 0 Å². The number of aliphatic hydroxyl groups is 1. The normalized spacial score (nSPS) is 20.3. The van der Waals surface area contributed by atoms with Crippen molar-refractivity contribution in [1.82, 2.24) is 10.2 Å². The molecular formula is C16H26N4O3. The van der Waals surface area contributed by atoms with Gasteiger partial charge in [0.1, 0.15) is 11.9 Å².